The van der Waals surface area contributed by atoms with E-state index < -0.39 is 11.4 Å². The lowest BCUT2D eigenvalue weighted by atomic mass is 9.82. The summed E-state index contributed by atoms with van der Waals surface area (Å²) in [5, 5.41) is 15.6. The number of carbonyl (C=O) groups is 2. The van der Waals surface area contributed by atoms with E-state index >= 15 is 0 Å². The SMILES string of the molecule is CC1(C(=O)O)CCCN(C(=O)NCCc2ncon2)C1. The highest BCUT2D eigenvalue weighted by atomic mass is 16.5. The van der Waals surface area contributed by atoms with Gasteiger partial charge in [0.2, 0.25) is 6.39 Å². The van der Waals surface area contributed by atoms with Crippen molar-refractivity contribution in [3.05, 3.63) is 12.2 Å². The lowest BCUT2D eigenvalue weighted by molar-refractivity contribution is -0.150. The first-order valence-electron chi connectivity index (χ1n) is 6.53. The molecule has 2 rings (SSSR count). The molecule has 0 aromatic carbocycles. The van der Waals surface area contributed by atoms with Gasteiger partial charge < -0.3 is 19.8 Å². The average Bonchev–Trinajstić information content (AvgIpc) is 2.91. The van der Waals surface area contributed by atoms with Crippen LogP contribution in [0.1, 0.15) is 25.6 Å². The third-order valence-electron chi connectivity index (χ3n) is 3.53. The number of carboxylic acid groups (broad SMARTS) is 1. The van der Waals surface area contributed by atoms with Crippen molar-refractivity contribution in [3.63, 3.8) is 0 Å². The predicted molar refractivity (Wildman–Crippen MR) is 68.0 cm³/mol. The standard InChI is InChI=1S/C12H18N4O4/c1-12(10(17)18)4-2-6-16(7-12)11(19)13-5-3-9-14-8-20-15-9/h8H,2-7H2,1H3,(H,13,19)(H,17,18). The molecular weight excluding hydrogens is 264 g/mol. The lowest BCUT2D eigenvalue weighted by Crippen LogP contribution is -2.51. The van der Waals surface area contributed by atoms with Gasteiger partial charge in [0.25, 0.3) is 0 Å². The number of amides is 2. The number of nitrogens with one attached hydrogen (secondary N) is 1. The van der Waals surface area contributed by atoms with Gasteiger partial charge in [0, 0.05) is 26.1 Å². The minimum absolute atomic E-state index is 0.233. The molecule has 0 bridgehead atoms. The van der Waals surface area contributed by atoms with Crippen LogP contribution in [-0.4, -0.2) is 51.8 Å². The summed E-state index contributed by atoms with van der Waals surface area (Å²) in [4.78, 5) is 28.6. The van der Waals surface area contributed by atoms with Crippen LogP contribution in [0.15, 0.2) is 10.9 Å². The Morgan fingerprint density at radius 3 is 3.05 bits per heavy atom. The Morgan fingerprint density at radius 2 is 2.40 bits per heavy atom. The van der Waals surface area contributed by atoms with Crippen molar-refractivity contribution in [3.8, 4) is 0 Å². The summed E-state index contributed by atoms with van der Waals surface area (Å²) >= 11 is 0. The third-order valence-corrected chi connectivity index (χ3v) is 3.53. The van der Waals surface area contributed by atoms with Gasteiger partial charge in [-0.25, -0.2) is 4.79 Å². The second-order valence-electron chi connectivity index (χ2n) is 5.22. The molecule has 2 heterocycles. The molecule has 8 nitrogen and oxygen atoms in total. The van der Waals surface area contributed by atoms with Crippen molar-refractivity contribution in [1.82, 2.24) is 20.4 Å². The minimum Gasteiger partial charge on any atom is -0.481 e. The molecule has 1 fully saturated rings. The van der Waals surface area contributed by atoms with E-state index in [2.05, 4.69) is 20.0 Å². The van der Waals surface area contributed by atoms with Crippen molar-refractivity contribution >= 4 is 12.0 Å². The summed E-state index contributed by atoms with van der Waals surface area (Å²) < 4.78 is 4.59. The van der Waals surface area contributed by atoms with E-state index in [9.17, 15) is 14.7 Å². The monoisotopic (exact) mass is 282 g/mol. The number of carbonyl (C=O) groups excluding carboxylic acids is 1. The fourth-order valence-corrected chi connectivity index (χ4v) is 2.28. The number of hydrogen-bond donors (Lipinski definition) is 2. The number of nitrogens with zero attached hydrogens (tertiary/aromatic N) is 3. The van der Waals surface area contributed by atoms with Gasteiger partial charge in [-0.3, -0.25) is 4.79 Å². The Morgan fingerprint density at radius 1 is 1.60 bits per heavy atom. The van der Waals surface area contributed by atoms with Crippen LogP contribution in [0.3, 0.4) is 0 Å². The Bertz CT molecular complexity index is 476. The first kappa shape index (κ1) is 14.3. The second kappa shape index (κ2) is 5.89. The van der Waals surface area contributed by atoms with Crippen LogP contribution >= 0.6 is 0 Å². The first-order chi connectivity index (χ1) is 9.51. The molecule has 1 aromatic rings. The summed E-state index contributed by atoms with van der Waals surface area (Å²) in [5.41, 5.74) is -0.858. The van der Waals surface area contributed by atoms with E-state index in [1.165, 1.54) is 6.39 Å². The molecule has 1 saturated heterocycles. The molecule has 1 aliphatic rings. The largest absolute Gasteiger partial charge is 0.481 e. The van der Waals surface area contributed by atoms with Crippen LogP contribution in [0.4, 0.5) is 4.79 Å². The molecule has 2 N–H and O–H groups in total. The van der Waals surface area contributed by atoms with E-state index in [-0.39, 0.29) is 12.6 Å². The van der Waals surface area contributed by atoms with Gasteiger partial charge in [-0.2, -0.15) is 4.98 Å². The third kappa shape index (κ3) is 3.25. The van der Waals surface area contributed by atoms with Gasteiger partial charge in [-0.15, -0.1) is 0 Å². The van der Waals surface area contributed by atoms with Gasteiger partial charge in [0.1, 0.15) is 0 Å². The topological polar surface area (TPSA) is 109 Å². The summed E-state index contributed by atoms with van der Waals surface area (Å²) in [6.07, 6.45) is 3.00. The van der Waals surface area contributed by atoms with Crippen LogP contribution < -0.4 is 5.32 Å². The van der Waals surface area contributed by atoms with Crippen LogP contribution in [0.2, 0.25) is 0 Å². The summed E-state index contributed by atoms with van der Waals surface area (Å²) in [6, 6.07) is -0.249. The number of aliphatic carboxylic acids is 1. The van der Waals surface area contributed by atoms with E-state index in [0.717, 1.165) is 0 Å². The Hall–Kier alpha value is -2.12. The highest BCUT2D eigenvalue weighted by Gasteiger charge is 2.39. The Kier molecular flexibility index (Phi) is 4.21. The second-order valence-corrected chi connectivity index (χ2v) is 5.22. The number of aromatic nitrogens is 2. The van der Waals surface area contributed by atoms with E-state index in [1.54, 1.807) is 11.8 Å². The fourth-order valence-electron chi connectivity index (χ4n) is 2.28. The van der Waals surface area contributed by atoms with Crippen LogP contribution in [0.5, 0.6) is 0 Å². The summed E-state index contributed by atoms with van der Waals surface area (Å²) in [5.74, 6) is -0.332. The highest BCUT2D eigenvalue weighted by Crippen LogP contribution is 2.29. The number of piperidine rings is 1. The molecule has 0 radical (unpaired) electrons. The van der Waals surface area contributed by atoms with Crippen molar-refractivity contribution < 1.29 is 19.2 Å². The van der Waals surface area contributed by atoms with Crippen LogP contribution in [0.25, 0.3) is 0 Å². The normalized spacial score (nSPS) is 22.6. The minimum atomic E-state index is -0.859. The van der Waals surface area contributed by atoms with E-state index in [4.69, 9.17) is 0 Å². The number of likely N-dealkylation sites (tertiary alicyclic amines) is 1. The molecule has 0 saturated carbocycles. The predicted octanol–water partition coefficient (Wildman–Crippen LogP) is 0.508. The molecule has 110 valence electrons. The smallest absolute Gasteiger partial charge is 0.317 e. The fraction of sp³-hybridized carbons (Fsp3) is 0.667. The maximum atomic E-state index is 12.0. The first-order valence-corrected chi connectivity index (χ1v) is 6.53. The molecule has 8 heteroatoms. The number of rotatable bonds is 4. The maximum Gasteiger partial charge on any atom is 0.317 e. The molecule has 1 aromatic heterocycles. The molecule has 20 heavy (non-hydrogen) atoms. The zero-order valence-corrected chi connectivity index (χ0v) is 11.3. The van der Waals surface area contributed by atoms with Crippen molar-refractivity contribution in [2.24, 2.45) is 5.41 Å². The molecule has 0 spiro atoms. The summed E-state index contributed by atoms with van der Waals surface area (Å²) in [6.45, 7) is 2.88. The lowest BCUT2D eigenvalue weighted by Gasteiger charge is -2.37. The van der Waals surface area contributed by atoms with E-state index in [1.807, 2.05) is 0 Å². The number of hydrogen-bond acceptors (Lipinski definition) is 5. The van der Waals surface area contributed by atoms with Gasteiger partial charge in [-0.1, -0.05) is 5.16 Å². The maximum absolute atomic E-state index is 12.0. The summed E-state index contributed by atoms with van der Waals surface area (Å²) in [7, 11) is 0. The Labute approximate surface area is 116 Å². The van der Waals surface area contributed by atoms with Gasteiger partial charge >= 0.3 is 12.0 Å². The molecule has 2 amide bonds. The van der Waals surface area contributed by atoms with Gasteiger partial charge in [0.15, 0.2) is 5.82 Å². The highest BCUT2D eigenvalue weighted by molar-refractivity contribution is 5.78. The quantitative estimate of drug-likeness (QED) is 0.832. The van der Waals surface area contributed by atoms with E-state index in [0.29, 0.717) is 38.2 Å². The van der Waals surface area contributed by atoms with Crippen molar-refractivity contribution in [2.45, 2.75) is 26.2 Å². The van der Waals surface area contributed by atoms with Crippen LogP contribution in [-0.2, 0) is 11.2 Å². The Balaban J connectivity index is 1.81. The molecule has 1 atom stereocenters. The zero-order chi connectivity index (χ0) is 14.6. The van der Waals surface area contributed by atoms with Crippen molar-refractivity contribution in [1.29, 1.82) is 0 Å². The van der Waals surface area contributed by atoms with Gasteiger partial charge in [0.05, 0.1) is 5.41 Å². The molecule has 0 aliphatic carbocycles. The van der Waals surface area contributed by atoms with Gasteiger partial charge in [-0.05, 0) is 19.8 Å². The number of carboxylic acids is 1. The molecule has 1 unspecified atom stereocenters. The van der Waals surface area contributed by atoms with Crippen molar-refractivity contribution in [2.75, 3.05) is 19.6 Å². The van der Waals surface area contributed by atoms with Crippen LogP contribution in [0, 0.1) is 5.41 Å². The number of urea groups is 1. The zero-order valence-electron chi connectivity index (χ0n) is 11.3. The molecule has 1 aliphatic heterocycles. The molecular formula is C12H18N4O4. The average molecular weight is 282 g/mol.